The number of anilines is 1. The van der Waals surface area contributed by atoms with Gasteiger partial charge in [0.25, 0.3) is 0 Å². The maximum absolute atomic E-state index is 14.4. The molecule has 0 aliphatic carbocycles. The quantitative estimate of drug-likeness (QED) is 0.795. The number of nitrogens with zero attached hydrogens (tertiary/aromatic N) is 3. The second-order valence-corrected chi connectivity index (χ2v) is 5.90. The van der Waals surface area contributed by atoms with E-state index in [2.05, 4.69) is 36.1 Å². The van der Waals surface area contributed by atoms with Crippen LogP contribution >= 0.6 is 27.5 Å². The minimum Gasteiger partial charge on any atom is -0.353 e. The Kier molecular flexibility index (Phi) is 3.79. The molecule has 0 bridgehead atoms. The molecule has 1 aromatic heterocycles. The van der Waals surface area contributed by atoms with Gasteiger partial charge in [0.1, 0.15) is 11.3 Å². The first-order valence-corrected chi connectivity index (χ1v) is 7.52. The number of fused-ring (bicyclic) bond motifs is 1. The number of benzene rings is 1. The second kappa shape index (κ2) is 5.42. The van der Waals surface area contributed by atoms with Crippen molar-refractivity contribution in [3.05, 3.63) is 27.2 Å². The Hall–Kier alpha value is -0.980. The van der Waals surface area contributed by atoms with Gasteiger partial charge in [0.15, 0.2) is 5.82 Å². The topological polar surface area (TPSA) is 41.0 Å². The number of rotatable bonds is 1. The van der Waals surface area contributed by atoms with Crippen LogP contribution < -0.4 is 10.2 Å². The normalized spacial score (nSPS) is 15.9. The Labute approximate surface area is 129 Å². The third-order valence-electron chi connectivity index (χ3n) is 3.42. The summed E-state index contributed by atoms with van der Waals surface area (Å²) in [6, 6.07) is 1.90. The van der Waals surface area contributed by atoms with E-state index in [9.17, 15) is 4.39 Å². The van der Waals surface area contributed by atoms with E-state index in [1.54, 1.807) is 0 Å². The van der Waals surface area contributed by atoms with Gasteiger partial charge in [0, 0.05) is 31.6 Å². The summed E-state index contributed by atoms with van der Waals surface area (Å²) in [5, 5.41) is 4.05. The van der Waals surface area contributed by atoms with E-state index in [1.807, 2.05) is 13.0 Å². The van der Waals surface area contributed by atoms with E-state index in [0.29, 0.717) is 15.7 Å². The highest BCUT2D eigenvalue weighted by Crippen LogP contribution is 2.33. The largest absolute Gasteiger partial charge is 0.353 e. The molecular weight excluding hydrogens is 347 g/mol. The fourth-order valence-corrected chi connectivity index (χ4v) is 2.87. The molecular formula is C13H13BrClFN4. The molecule has 1 N–H and O–H groups in total. The number of piperazine rings is 1. The third-order valence-corrected chi connectivity index (χ3v) is 4.57. The van der Waals surface area contributed by atoms with E-state index in [-0.39, 0.29) is 16.6 Å². The molecule has 1 aromatic carbocycles. The molecule has 20 heavy (non-hydrogen) atoms. The van der Waals surface area contributed by atoms with E-state index >= 15 is 0 Å². The van der Waals surface area contributed by atoms with Crippen molar-refractivity contribution in [2.24, 2.45) is 0 Å². The summed E-state index contributed by atoms with van der Waals surface area (Å²) < 4.78 is 14.8. The van der Waals surface area contributed by atoms with Crippen LogP contribution in [0.4, 0.5) is 10.2 Å². The fourth-order valence-electron chi connectivity index (χ4n) is 2.41. The SMILES string of the molecule is Cc1cc2c(N3CCNCC3)nc(Cl)nc2c(F)c1Br. The van der Waals surface area contributed by atoms with Crippen LogP contribution in [0.15, 0.2) is 10.5 Å². The Morgan fingerprint density at radius 3 is 2.75 bits per heavy atom. The van der Waals surface area contributed by atoms with Crippen molar-refractivity contribution in [2.45, 2.75) is 6.92 Å². The Balaban J connectivity index is 2.25. The lowest BCUT2D eigenvalue weighted by atomic mass is 10.1. The van der Waals surface area contributed by atoms with Gasteiger partial charge in [-0.2, -0.15) is 4.98 Å². The van der Waals surface area contributed by atoms with Crippen LogP contribution in [0.25, 0.3) is 10.9 Å². The van der Waals surface area contributed by atoms with Crippen LogP contribution in [-0.2, 0) is 0 Å². The molecule has 0 amide bonds. The standard InChI is InChI=1S/C13H13BrClFN4/c1-7-6-8-11(10(16)9(7)14)18-13(15)19-12(8)20-4-2-17-3-5-20/h6,17H,2-5H2,1H3. The van der Waals surface area contributed by atoms with E-state index in [1.165, 1.54) is 0 Å². The smallest absolute Gasteiger partial charge is 0.225 e. The summed E-state index contributed by atoms with van der Waals surface area (Å²) >= 11 is 9.20. The summed E-state index contributed by atoms with van der Waals surface area (Å²) in [5.74, 6) is 0.316. The zero-order valence-corrected chi connectivity index (χ0v) is 13.2. The second-order valence-electron chi connectivity index (χ2n) is 4.77. The Morgan fingerprint density at radius 2 is 2.05 bits per heavy atom. The molecule has 7 heteroatoms. The lowest BCUT2D eigenvalue weighted by molar-refractivity contribution is 0.585. The number of aromatic nitrogens is 2. The number of hydrogen-bond donors (Lipinski definition) is 1. The average molecular weight is 360 g/mol. The van der Waals surface area contributed by atoms with Crippen molar-refractivity contribution < 1.29 is 4.39 Å². The van der Waals surface area contributed by atoms with Gasteiger partial charge < -0.3 is 10.2 Å². The highest BCUT2D eigenvalue weighted by atomic mass is 79.9. The highest BCUT2D eigenvalue weighted by Gasteiger charge is 2.20. The maximum atomic E-state index is 14.4. The molecule has 3 rings (SSSR count). The van der Waals surface area contributed by atoms with Crippen molar-refractivity contribution in [2.75, 3.05) is 31.1 Å². The van der Waals surface area contributed by atoms with Gasteiger partial charge in [-0.05, 0) is 46.1 Å². The zero-order chi connectivity index (χ0) is 14.3. The highest BCUT2D eigenvalue weighted by molar-refractivity contribution is 9.10. The molecule has 0 spiro atoms. The number of aryl methyl sites for hydroxylation is 1. The number of nitrogens with one attached hydrogen (secondary N) is 1. The van der Waals surface area contributed by atoms with Crippen LogP contribution in [-0.4, -0.2) is 36.1 Å². The monoisotopic (exact) mass is 358 g/mol. The van der Waals surface area contributed by atoms with Gasteiger partial charge in [-0.15, -0.1) is 0 Å². The first-order chi connectivity index (χ1) is 9.58. The van der Waals surface area contributed by atoms with Crippen molar-refractivity contribution >= 4 is 44.3 Å². The molecule has 0 radical (unpaired) electrons. The van der Waals surface area contributed by atoms with Gasteiger partial charge in [-0.3, -0.25) is 0 Å². The van der Waals surface area contributed by atoms with E-state index in [4.69, 9.17) is 11.6 Å². The van der Waals surface area contributed by atoms with Gasteiger partial charge in [-0.25, -0.2) is 9.37 Å². The zero-order valence-electron chi connectivity index (χ0n) is 10.9. The summed E-state index contributed by atoms with van der Waals surface area (Å²) in [7, 11) is 0. The molecule has 106 valence electrons. The predicted octanol–water partition coefficient (Wildman–Crippen LogP) is 2.90. The van der Waals surface area contributed by atoms with Crippen LogP contribution in [0.2, 0.25) is 5.28 Å². The van der Waals surface area contributed by atoms with Crippen LogP contribution in [0.3, 0.4) is 0 Å². The fraction of sp³-hybridized carbons (Fsp3) is 0.385. The Morgan fingerprint density at radius 1 is 1.35 bits per heavy atom. The molecule has 1 aliphatic rings. The van der Waals surface area contributed by atoms with Crippen molar-refractivity contribution in [1.29, 1.82) is 0 Å². The number of hydrogen-bond acceptors (Lipinski definition) is 4. The summed E-state index contributed by atoms with van der Waals surface area (Å²) in [5.41, 5.74) is 1.08. The van der Waals surface area contributed by atoms with Crippen molar-refractivity contribution in [3.63, 3.8) is 0 Å². The summed E-state index contributed by atoms with van der Waals surface area (Å²) in [4.78, 5) is 10.5. The third kappa shape index (κ3) is 2.36. The van der Waals surface area contributed by atoms with E-state index < -0.39 is 0 Å². The predicted molar refractivity (Wildman–Crippen MR) is 82.0 cm³/mol. The van der Waals surface area contributed by atoms with E-state index in [0.717, 1.165) is 31.7 Å². The molecule has 2 heterocycles. The van der Waals surface area contributed by atoms with Crippen LogP contribution in [0.5, 0.6) is 0 Å². The molecule has 0 saturated carbocycles. The molecule has 0 atom stereocenters. The minimum atomic E-state index is -0.388. The van der Waals surface area contributed by atoms with Crippen molar-refractivity contribution in [1.82, 2.24) is 15.3 Å². The first kappa shape index (κ1) is 14.0. The van der Waals surface area contributed by atoms with Gasteiger partial charge >= 0.3 is 0 Å². The Bertz CT molecular complexity index is 673. The first-order valence-electron chi connectivity index (χ1n) is 6.35. The average Bonchev–Trinajstić information content (AvgIpc) is 2.46. The van der Waals surface area contributed by atoms with Crippen LogP contribution in [0, 0.1) is 12.7 Å². The number of halogens is 3. The lowest BCUT2D eigenvalue weighted by Crippen LogP contribution is -2.44. The van der Waals surface area contributed by atoms with Gasteiger partial charge in [0.2, 0.25) is 5.28 Å². The summed E-state index contributed by atoms with van der Waals surface area (Å²) in [6.45, 7) is 5.24. The summed E-state index contributed by atoms with van der Waals surface area (Å²) in [6.07, 6.45) is 0. The lowest BCUT2D eigenvalue weighted by Gasteiger charge is -2.29. The molecule has 4 nitrogen and oxygen atoms in total. The minimum absolute atomic E-state index is 0.0701. The molecule has 1 fully saturated rings. The molecule has 0 unspecified atom stereocenters. The van der Waals surface area contributed by atoms with Crippen LogP contribution in [0.1, 0.15) is 5.56 Å². The van der Waals surface area contributed by atoms with Gasteiger partial charge in [0.05, 0.1) is 4.47 Å². The molecule has 2 aromatic rings. The van der Waals surface area contributed by atoms with Gasteiger partial charge in [-0.1, -0.05) is 0 Å². The molecule has 1 aliphatic heterocycles. The molecule has 1 saturated heterocycles. The maximum Gasteiger partial charge on any atom is 0.225 e. The van der Waals surface area contributed by atoms with Crippen molar-refractivity contribution in [3.8, 4) is 0 Å².